The molecule has 0 aliphatic carbocycles. The van der Waals surface area contributed by atoms with Gasteiger partial charge in [-0.05, 0) is 41.5 Å². The molecule has 160 valence electrons. The molecule has 1 aromatic heterocycles. The van der Waals surface area contributed by atoms with Crippen molar-refractivity contribution in [1.29, 1.82) is 0 Å². The number of carbonyl (C=O) groups is 3. The van der Waals surface area contributed by atoms with Crippen LogP contribution >= 0.6 is 0 Å². The van der Waals surface area contributed by atoms with Crippen molar-refractivity contribution < 1.29 is 19.1 Å². The number of rotatable bonds is 5. The Morgan fingerprint density at radius 3 is 2.62 bits per heavy atom. The van der Waals surface area contributed by atoms with E-state index in [1.165, 1.54) is 18.1 Å². The quantitative estimate of drug-likeness (QED) is 0.499. The third-order valence-electron chi connectivity index (χ3n) is 5.22. The largest absolute Gasteiger partial charge is 0.481 e. The number of pyridine rings is 1. The van der Waals surface area contributed by atoms with Crippen molar-refractivity contribution in [3.8, 4) is 5.88 Å². The summed E-state index contributed by atoms with van der Waals surface area (Å²) in [6.07, 6.45) is 3.18. The van der Waals surface area contributed by atoms with Gasteiger partial charge in [0.05, 0.1) is 18.4 Å². The minimum absolute atomic E-state index is 0.0626. The first-order valence-electron chi connectivity index (χ1n) is 9.98. The number of Topliss-reactive ketones (excluding diaryl/α,β-unsaturated/α-hetero) is 1. The number of likely N-dealkylation sites (N-methyl/N-ethyl adjacent to an activating group) is 1. The Bertz CT molecular complexity index is 1230. The summed E-state index contributed by atoms with van der Waals surface area (Å²) < 4.78 is 5.09. The molecule has 7 nitrogen and oxygen atoms in total. The average molecular weight is 427 g/mol. The number of carbonyl (C=O) groups excluding carboxylic acids is 3. The van der Waals surface area contributed by atoms with E-state index in [0.29, 0.717) is 22.7 Å². The second-order valence-corrected chi connectivity index (χ2v) is 7.28. The highest BCUT2D eigenvalue weighted by Gasteiger charge is 2.33. The molecule has 7 heteroatoms. The molecule has 0 bridgehead atoms. The highest BCUT2D eigenvalue weighted by molar-refractivity contribution is 6.36. The molecule has 3 aromatic rings. The summed E-state index contributed by atoms with van der Waals surface area (Å²) in [5, 5.41) is 2.83. The number of nitrogens with zero attached hydrogens (tertiary/aromatic N) is 2. The third kappa shape index (κ3) is 4.13. The molecule has 1 aliphatic heterocycles. The van der Waals surface area contributed by atoms with Gasteiger partial charge >= 0.3 is 0 Å². The van der Waals surface area contributed by atoms with E-state index in [4.69, 9.17) is 4.74 Å². The van der Waals surface area contributed by atoms with E-state index in [0.717, 1.165) is 11.1 Å². The van der Waals surface area contributed by atoms with Crippen molar-refractivity contribution in [2.75, 3.05) is 19.1 Å². The number of amides is 2. The minimum atomic E-state index is -0.402. The lowest BCUT2D eigenvalue weighted by atomic mass is 9.92. The highest BCUT2D eigenvalue weighted by Crippen LogP contribution is 2.31. The molecule has 2 amide bonds. The van der Waals surface area contributed by atoms with E-state index in [1.54, 1.807) is 43.6 Å². The molecule has 0 saturated heterocycles. The van der Waals surface area contributed by atoms with Crippen molar-refractivity contribution >= 4 is 29.4 Å². The van der Waals surface area contributed by atoms with Crippen LogP contribution in [0.1, 0.15) is 31.8 Å². The van der Waals surface area contributed by atoms with Crippen LogP contribution in [0, 0.1) is 0 Å². The van der Waals surface area contributed by atoms with Crippen LogP contribution in [-0.4, -0.2) is 36.7 Å². The monoisotopic (exact) mass is 427 g/mol. The van der Waals surface area contributed by atoms with E-state index in [-0.39, 0.29) is 23.9 Å². The van der Waals surface area contributed by atoms with Gasteiger partial charge in [0.25, 0.3) is 11.8 Å². The molecule has 0 radical (unpaired) electrons. The number of benzene rings is 2. The van der Waals surface area contributed by atoms with E-state index in [2.05, 4.69) is 10.3 Å². The molecule has 0 atom stereocenters. The Morgan fingerprint density at radius 2 is 1.88 bits per heavy atom. The topological polar surface area (TPSA) is 88.6 Å². The smallest absolute Gasteiger partial charge is 0.262 e. The number of methoxy groups -OCH3 is 1. The van der Waals surface area contributed by atoms with Crippen LogP contribution in [0.3, 0.4) is 0 Å². The van der Waals surface area contributed by atoms with Gasteiger partial charge in [-0.3, -0.25) is 14.4 Å². The highest BCUT2D eigenvalue weighted by atomic mass is 16.5. The number of hydrogen-bond acceptors (Lipinski definition) is 5. The van der Waals surface area contributed by atoms with Crippen LogP contribution in [-0.2, 0) is 11.3 Å². The molecule has 2 heterocycles. The number of hydrogen-bond donors (Lipinski definition) is 1. The molecule has 2 aromatic carbocycles. The Morgan fingerprint density at radius 1 is 1.09 bits per heavy atom. The van der Waals surface area contributed by atoms with Crippen LogP contribution < -0.4 is 15.0 Å². The van der Waals surface area contributed by atoms with Gasteiger partial charge in [0, 0.05) is 37.0 Å². The van der Waals surface area contributed by atoms with Crippen molar-refractivity contribution in [1.82, 2.24) is 10.3 Å². The van der Waals surface area contributed by atoms with Crippen molar-refractivity contribution in [3.63, 3.8) is 0 Å². The van der Waals surface area contributed by atoms with Gasteiger partial charge in [-0.25, -0.2) is 4.98 Å². The SMILES string of the molecule is COc1cc(CNC(=O)c2ccc3c(c2)C(=O)/C(=C/c2ccccc2)C(=O)N3C)ccn1. The van der Waals surface area contributed by atoms with Gasteiger partial charge in [0.1, 0.15) is 0 Å². The molecular weight excluding hydrogens is 406 g/mol. The zero-order chi connectivity index (χ0) is 22.7. The molecule has 4 rings (SSSR count). The van der Waals surface area contributed by atoms with Gasteiger partial charge in [0.15, 0.2) is 0 Å². The number of aromatic nitrogens is 1. The Labute approximate surface area is 185 Å². The first kappa shape index (κ1) is 21.0. The Balaban J connectivity index is 1.59. The molecule has 1 aliphatic rings. The van der Waals surface area contributed by atoms with Gasteiger partial charge in [-0.2, -0.15) is 0 Å². The zero-order valence-electron chi connectivity index (χ0n) is 17.7. The molecule has 1 N–H and O–H groups in total. The standard InChI is InChI=1S/C25H21N3O4/c1-28-21-9-8-18(24(30)27-15-17-10-11-26-22(13-17)32-2)14-19(21)23(29)20(25(28)31)12-16-6-4-3-5-7-16/h3-14H,15H2,1-2H3,(H,27,30)/b20-12-. The lowest BCUT2D eigenvalue weighted by molar-refractivity contribution is -0.114. The number of nitrogens with one attached hydrogen (secondary N) is 1. The number of fused-ring (bicyclic) bond motifs is 1. The fourth-order valence-corrected chi connectivity index (χ4v) is 3.48. The van der Waals surface area contributed by atoms with Crippen LogP contribution in [0.2, 0.25) is 0 Å². The molecule has 0 saturated carbocycles. The fourth-order valence-electron chi connectivity index (χ4n) is 3.48. The first-order chi connectivity index (χ1) is 15.5. The molecule has 0 fully saturated rings. The zero-order valence-corrected chi connectivity index (χ0v) is 17.7. The number of ether oxygens (including phenoxy) is 1. The summed E-state index contributed by atoms with van der Waals surface area (Å²) in [6, 6.07) is 17.4. The molecule has 0 unspecified atom stereocenters. The van der Waals surface area contributed by atoms with Gasteiger partial charge in [-0.1, -0.05) is 30.3 Å². The second-order valence-electron chi connectivity index (χ2n) is 7.28. The lowest BCUT2D eigenvalue weighted by Crippen LogP contribution is -2.37. The van der Waals surface area contributed by atoms with Crippen LogP contribution in [0.5, 0.6) is 5.88 Å². The summed E-state index contributed by atoms with van der Waals surface area (Å²) in [4.78, 5) is 44.1. The maximum absolute atomic E-state index is 13.1. The summed E-state index contributed by atoms with van der Waals surface area (Å²) in [7, 11) is 3.14. The maximum Gasteiger partial charge on any atom is 0.262 e. The van der Waals surface area contributed by atoms with Crippen molar-refractivity contribution in [2.24, 2.45) is 0 Å². The molecule has 32 heavy (non-hydrogen) atoms. The predicted molar refractivity (Wildman–Crippen MR) is 121 cm³/mol. The van der Waals surface area contributed by atoms with E-state index in [9.17, 15) is 14.4 Å². The van der Waals surface area contributed by atoms with Crippen LogP contribution in [0.4, 0.5) is 5.69 Å². The van der Waals surface area contributed by atoms with Gasteiger partial charge in [-0.15, -0.1) is 0 Å². The Hall–Kier alpha value is -4.26. The maximum atomic E-state index is 13.1. The average Bonchev–Trinajstić information content (AvgIpc) is 2.84. The van der Waals surface area contributed by atoms with Crippen molar-refractivity contribution in [3.05, 3.63) is 94.7 Å². The van der Waals surface area contributed by atoms with Gasteiger partial charge in [0.2, 0.25) is 11.7 Å². The molecule has 0 spiro atoms. The lowest BCUT2D eigenvalue weighted by Gasteiger charge is -2.27. The normalized spacial score (nSPS) is 14.3. The van der Waals surface area contributed by atoms with Crippen molar-refractivity contribution in [2.45, 2.75) is 6.54 Å². The summed E-state index contributed by atoms with van der Waals surface area (Å²) >= 11 is 0. The number of ketones is 1. The number of anilines is 1. The minimum Gasteiger partial charge on any atom is -0.481 e. The Kier molecular flexibility index (Phi) is 5.81. The van der Waals surface area contributed by atoms with Crippen LogP contribution in [0.15, 0.2) is 72.4 Å². The van der Waals surface area contributed by atoms with E-state index in [1.807, 2.05) is 30.3 Å². The van der Waals surface area contributed by atoms with Crippen LogP contribution in [0.25, 0.3) is 6.08 Å². The predicted octanol–water partition coefficient (Wildman–Crippen LogP) is 3.26. The van der Waals surface area contributed by atoms with E-state index < -0.39 is 5.78 Å². The fraction of sp³-hybridized carbons (Fsp3) is 0.120. The third-order valence-corrected chi connectivity index (χ3v) is 5.22. The second kappa shape index (κ2) is 8.85. The van der Waals surface area contributed by atoms with Gasteiger partial charge < -0.3 is 15.0 Å². The molecular formula is C25H21N3O4. The summed E-state index contributed by atoms with van der Waals surface area (Å²) in [5.74, 6) is -0.651. The van der Waals surface area contributed by atoms with E-state index >= 15 is 0 Å². The summed E-state index contributed by atoms with van der Waals surface area (Å²) in [5.41, 5.74) is 2.76. The summed E-state index contributed by atoms with van der Waals surface area (Å²) in [6.45, 7) is 0.278. The first-order valence-corrected chi connectivity index (χ1v) is 9.98.